The van der Waals surface area contributed by atoms with E-state index in [1.54, 1.807) is 0 Å². The molecule has 3 aliphatic heterocycles. The fourth-order valence-corrected chi connectivity index (χ4v) is 2.74. The van der Waals surface area contributed by atoms with Crippen molar-refractivity contribution in [2.45, 2.75) is 24.4 Å². The van der Waals surface area contributed by atoms with Gasteiger partial charge in [0.15, 0.2) is 6.10 Å². The van der Waals surface area contributed by atoms with Gasteiger partial charge in [0.1, 0.15) is 12.0 Å². The maximum Gasteiger partial charge on any atom is 0.333 e. The lowest BCUT2D eigenvalue weighted by Crippen LogP contribution is -2.48. The van der Waals surface area contributed by atoms with Gasteiger partial charge in [0.2, 0.25) is 11.8 Å². The lowest BCUT2D eigenvalue weighted by atomic mass is 9.85. The van der Waals surface area contributed by atoms with E-state index in [1.165, 1.54) is 0 Å². The van der Waals surface area contributed by atoms with Crippen LogP contribution in [0, 0.1) is 11.8 Å². The smallest absolute Gasteiger partial charge is 0.333 e. The number of nitrogens with one attached hydrogen (secondary N) is 2. The molecule has 0 bridgehead atoms. The highest BCUT2D eigenvalue weighted by molar-refractivity contribution is 5.96. The Balaban J connectivity index is 1.75. The number of aliphatic carboxylic acids is 2. The summed E-state index contributed by atoms with van der Waals surface area (Å²) >= 11 is 0. The Bertz CT molecular complexity index is 587. The predicted molar refractivity (Wildman–Crippen MR) is 76.4 cm³/mol. The molecule has 3 aliphatic rings. The van der Waals surface area contributed by atoms with Gasteiger partial charge in [-0.05, 0) is 0 Å². The second kappa shape index (κ2) is 6.94. The van der Waals surface area contributed by atoms with Gasteiger partial charge in [-0.15, -0.1) is 0 Å². The van der Waals surface area contributed by atoms with Crippen LogP contribution in [0.2, 0.25) is 0 Å². The summed E-state index contributed by atoms with van der Waals surface area (Å²) in [6.07, 6.45) is -3.58. The third kappa shape index (κ3) is 4.06. The summed E-state index contributed by atoms with van der Waals surface area (Å²) in [6, 6.07) is 0. The van der Waals surface area contributed by atoms with Gasteiger partial charge in [0.05, 0.1) is 31.3 Å². The van der Waals surface area contributed by atoms with E-state index >= 15 is 0 Å². The number of hydrogen-bond donors (Lipinski definition) is 4. The zero-order valence-electron chi connectivity index (χ0n) is 13.0. The summed E-state index contributed by atoms with van der Waals surface area (Å²) in [5.41, 5.74) is 0. The molecule has 0 aliphatic carbocycles. The van der Waals surface area contributed by atoms with Gasteiger partial charge in [0, 0.05) is 13.1 Å². The predicted octanol–water partition coefficient (Wildman–Crippen LogP) is -2.81. The number of rotatable bonds is 8. The topological polar surface area (TPSA) is 167 Å². The van der Waals surface area contributed by atoms with E-state index < -0.39 is 47.8 Å². The first-order chi connectivity index (χ1) is 11.9. The summed E-state index contributed by atoms with van der Waals surface area (Å²) in [5.74, 6) is -7.70. The van der Waals surface area contributed by atoms with Crippen LogP contribution in [0.1, 0.15) is 0 Å². The molecule has 0 radical (unpaired) electrons. The monoisotopic (exact) mass is 358 g/mol. The zero-order chi connectivity index (χ0) is 18.1. The average molecular weight is 358 g/mol. The quantitative estimate of drug-likeness (QED) is 0.335. The molecule has 0 aromatic rings. The van der Waals surface area contributed by atoms with Crippen LogP contribution in [-0.2, 0) is 33.4 Å². The fraction of sp³-hybridized carbons (Fsp3) is 0.714. The van der Waals surface area contributed by atoms with Crippen LogP contribution in [0.4, 0.5) is 0 Å². The number of ether oxygens (including phenoxy) is 3. The highest BCUT2D eigenvalue weighted by Gasteiger charge is 2.57. The minimum absolute atomic E-state index is 0.129. The summed E-state index contributed by atoms with van der Waals surface area (Å²) in [7, 11) is 0. The van der Waals surface area contributed by atoms with E-state index in [1.807, 2.05) is 0 Å². The van der Waals surface area contributed by atoms with Crippen LogP contribution in [-0.4, -0.2) is 84.7 Å². The van der Waals surface area contributed by atoms with Gasteiger partial charge in [-0.25, -0.2) is 4.79 Å². The number of hydrogen-bond acceptors (Lipinski definition) is 7. The first-order valence-corrected chi connectivity index (χ1v) is 7.78. The molecule has 4 N–H and O–H groups in total. The van der Waals surface area contributed by atoms with Gasteiger partial charge in [-0.2, -0.15) is 0 Å². The summed E-state index contributed by atoms with van der Waals surface area (Å²) in [4.78, 5) is 47.6. The van der Waals surface area contributed by atoms with Crippen LogP contribution in [0.15, 0.2) is 0 Å². The molecule has 3 heterocycles. The lowest BCUT2D eigenvalue weighted by Gasteiger charge is -2.19. The standard InChI is InChI=1S/C14H18N2O9/c17-11(15-1-5-3-23-5)7-8(13(19)20)10(14(21)22)25-9(7)12(18)16-2-6-4-24-6/h5-10H,1-4H2,(H,15,17)(H,16,18)(H,19,20)(H,21,22). The van der Waals surface area contributed by atoms with Crippen molar-refractivity contribution >= 4 is 23.8 Å². The Labute approximate surface area is 141 Å². The molecule has 6 atom stereocenters. The molecular formula is C14H18N2O9. The number of amides is 2. The highest BCUT2D eigenvalue weighted by atomic mass is 16.6. The van der Waals surface area contributed by atoms with Crippen molar-refractivity contribution in [3.63, 3.8) is 0 Å². The van der Waals surface area contributed by atoms with E-state index in [0.29, 0.717) is 13.2 Å². The molecular weight excluding hydrogens is 340 g/mol. The van der Waals surface area contributed by atoms with Crippen LogP contribution in [0.5, 0.6) is 0 Å². The zero-order valence-corrected chi connectivity index (χ0v) is 13.0. The number of epoxide rings is 2. The molecule has 0 aromatic heterocycles. The molecule has 3 fully saturated rings. The van der Waals surface area contributed by atoms with E-state index in [9.17, 15) is 29.4 Å². The van der Waals surface area contributed by atoms with Gasteiger partial charge in [-0.3, -0.25) is 14.4 Å². The second-order valence-corrected chi connectivity index (χ2v) is 6.11. The molecule has 3 saturated heterocycles. The van der Waals surface area contributed by atoms with Crippen molar-refractivity contribution in [3.05, 3.63) is 0 Å². The maximum absolute atomic E-state index is 12.4. The normalized spacial score (nSPS) is 35.7. The SMILES string of the molecule is O=C(O)C1OC(C(=O)NCC2CO2)C(C(=O)NCC2CO2)C1C(=O)O. The summed E-state index contributed by atoms with van der Waals surface area (Å²) in [5, 5.41) is 23.5. The Morgan fingerprint density at radius 1 is 0.800 bits per heavy atom. The average Bonchev–Trinajstić information content (AvgIpc) is 3.47. The maximum atomic E-state index is 12.4. The van der Waals surface area contributed by atoms with E-state index in [2.05, 4.69) is 10.6 Å². The van der Waals surface area contributed by atoms with Crippen molar-refractivity contribution in [1.29, 1.82) is 0 Å². The molecule has 11 nitrogen and oxygen atoms in total. The Morgan fingerprint density at radius 3 is 1.76 bits per heavy atom. The third-order valence-electron chi connectivity index (χ3n) is 4.23. The molecule has 0 saturated carbocycles. The Morgan fingerprint density at radius 2 is 1.32 bits per heavy atom. The minimum Gasteiger partial charge on any atom is -0.481 e. The van der Waals surface area contributed by atoms with E-state index in [4.69, 9.17) is 14.2 Å². The Kier molecular flexibility index (Phi) is 4.88. The molecule has 0 spiro atoms. The number of carboxylic acid groups (broad SMARTS) is 2. The van der Waals surface area contributed by atoms with Crippen LogP contribution in [0.25, 0.3) is 0 Å². The number of carboxylic acids is 2. The number of carbonyl (C=O) groups is 4. The van der Waals surface area contributed by atoms with Crippen LogP contribution in [0.3, 0.4) is 0 Å². The van der Waals surface area contributed by atoms with Gasteiger partial charge < -0.3 is 35.1 Å². The van der Waals surface area contributed by atoms with Crippen molar-refractivity contribution < 1.29 is 43.6 Å². The molecule has 3 rings (SSSR count). The molecule has 2 amide bonds. The van der Waals surface area contributed by atoms with E-state index in [0.717, 1.165) is 0 Å². The van der Waals surface area contributed by atoms with Crippen molar-refractivity contribution in [3.8, 4) is 0 Å². The Hall–Kier alpha value is -2.24. The van der Waals surface area contributed by atoms with Crippen molar-refractivity contribution in [2.75, 3.05) is 26.3 Å². The van der Waals surface area contributed by atoms with Gasteiger partial charge in [0.25, 0.3) is 0 Å². The van der Waals surface area contributed by atoms with E-state index in [-0.39, 0.29) is 25.3 Å². The van der Waals surface area contributed by atoms with Crippen molar-refractivity contribution in [1.82, 2.24) is 10.6 Å². The summed E-state index contributed by atoms with van der Waals surface area (Å²) < 4.78 is 15.0. The first kappa shape index (κ1) is 17.6. The third-order valence-corrected chi connectivity index (χ3v) is 4.23. The molecule has 0 aromatic carbocycles. The fourth-order valence-electron chi connectivity index (χ4n) is 2.74. The molecule has 6 unspecified atom stereocenters. The second-order valence-electron chi connectivity index (χ2n) is 6.11. The largest absolute Gasteiger partial charge is 0.481 e. The highest BCUT2D eigenvalue weighted by Crippen LogP contribution is 2.34. The van der Waals surface area contributed by atoms with Gasteiger partial charge in [-0.1, -0.05) is 0 Å². The van der Waals surface area contributed by atoms with Crippen LogP contribution >= 0.6 is 0 Å². The first-order valence-electron chi connectivity index (χ1n) is 7.78. The molecule has 138 valence electrons. The van der Waals surface area contributed by atoms with Crippen LogP contribution < -0.4 is 10.6 Å². The summed E-state index contributed by atoms with van der Waals surface area (Å²) in [6.45, 7) is 1.31. The molecule has 25 heavy (non-hydrogen) atoms. The number of carbonyl (C=O) groups excluding carboxylic acids is 2. The minimum atomic E-state index is -1.79. The van der Waals surface area contributed by atoms with Gasteiger partial charge >= 0.3 is 11.9 Å². The molecule has 11 heteroatoms. The van der Waals surface area contributed by atoms with Crippen molar-refractivity contribution in [2.24, 2.45) is 11.8 Å². The lowest BCUT2D eigenvalue weighted by molar-refractivity contribution is -0.159.